The Morgan fingerprint density at radius 1 is 1.25 bits per heavy atom. The molecule has 4 rings (SSSR count). The topological polar surface area (TPSA) is 136 Å². The second-order valence-corrected chi connectivity index (χ2v) is 8.12. The van der Waals surface area contributed by atoms with E-state index < -0.39 is 11.9 Å². The van der Waals surface area contributed by atoms with Crippen molar-refractivity contribution in [3.63, 3.8) is 0 Å². The van der Waals surface area contributed by atoms with Crippen molar-refractivity contribution >= 4 is 23.8 Å². The highest BCUT2D eigenvalue weighted by atomic mass is 16.2. The number of urea groups is 1. The number of nitrogens with one attached hydrogen (secondary N) is 4. The summed E-state index contributed by atoms with van der Waals surface area (Å²) < 4.78 is 0. The van der Waals surface area contributed by atoms with Crippen LogP contribution < -0.4 is 16.0 Å². The Bertz CT molecular complexity index is 1060. The summed E-state index contributed by atoms with van der Waals surface area (Å²) in [6.45, 7) is 3.13. The van der Waals surface area contributed by atoms with Gasteiger partial charge in [0.05, 0.1) is 6.20 Å². The molecule has 1 saturated heterocycles. The number of aromatic amines is 1. The molecule has 0 bridgehead atoms. The highest BCUT2D eigenvalue weighted by Gasteiger charge is 2.39. The van der Waals surface area contributed by atoms with E-state index in [1.807, 2.05) is 19.1 Å². The number of carbonyl (C=O) groups is 4. The molecular weight excluding hydrogens is 412 g/mol. The zero-order valence-corrected chi connectivity index (χ0v) is 17.9. The van der Waals surface area contributed by atoms with Crippen LogP contribution >= 0.6 is 0 Å². The van der Waals surface area contributed by atoms with E-state index in [0.29, 0.717) is 25.1 Å². The molecule has 2 aromatic rings. The van der Waals surface area contributed by atoms with Gasteiger partial charge in [-0.15, -0.1) is 0 Å². The molecule has 0 spiro atoms. The molecular formula is C22H26N6O4. The van der Waals surface area contributed by atoms with E-state index in [0.717, 1.165) is 35.2 Å². The van der Waals surface area contributed by atoms with Crippen LogP contribution in [0.25, 0.3) is 0 Å². The van der Waals surface area contributed by atoms with Crippen molar-refractivity contribution in [2.75, 3.05) is 6.54 Å². The van der Waals surface area contributed by atoms with Gasteiger partial charge >= 0.3 is 6.03 Å². The summed E-state index contributed by atoms with van der Waals surface area (Å²) in [7, 11) is 0. The quantitative estimate of drug-likeness (QED) is 0.376. The van der Waals surface area contributed by atoms with Crippen molar-refractivity contribution in [1.29, 1.82) is 0 Å². The van der Waals surface area contributed by atoms with E-state index in [1.54, 1.807) is 12.3 Å². The third-order valence-corrected chi connectivity index (χ3v) is 5.89. The van der Waals surface area contributed by atoms with Crippen LogP contribution in [-0.2, 0) is 29.1 Å². The Kier molecular flexibility index (Phi) is 6.20. The van der Waals surface area contributed by atoms with Gasteiger partial charge in [-0.2, -0.15) is 5.10 Å². The van der Waals surface area contributed by atoms with Crippen LogP contribution in [0.2, 0.25) is 0 Å². The lowest BCUT2D eigenvalue weighted by Crippen LogP contribution is -2.52. The van der Waals surface area contributed by atoms with Gasteiger partial charge in [0.1, 0.15) is 6.04 Å². The van der Waals surface area contributed by atoms with Gasteiger partial charge in [0.15, 0.2) is 0 Å². The molecule has 4 N–H and O–H groups in total. The minimum absolute atomic E-state index is 0.225. The van der Waals surface area contributed by atoms with Gasteiger partial charge in [-0.25, -0.2) is 4.79 Å². The zero-order valence-electron chi connectivity index (χ0n) is 17.9. The average molecular weight is 438 g/mol. The molecule has 32 heavy (non-hydrogen) atoms. The summed E-state index contributed by atoms with van der Waals surface area (Å²) in [5, 5.41) is 14.8. The predicted octanol–water partition coefficient (Wildman–Crippen LogP) is 0.911. The van der Waals surface area contributed by atoms with Crippen LogP contribution in [0.5, 0.6) is 0 Å². The first-order valence-electron chi connectivity index (χ1n) is 10.7. The monoisotopic (exact) mass is 438 g/mol. The van der Waals surface area contributed by atoms with Crippen LogP contribution in [0.15, 0.2) is 24.4 Å². The second kappa shape index (κ2) is 9.21. The van der Waals surface area contributed by atoms with E-state index >= 15 is 0 Å². The maximum Gasteiger partial charge on any atom is 0.315 e. The van der Waals surface area contributed by atoms with Crippen molar-refractivity contribution in [3.8, 4) is 0 Å². The van der Waals surface area contributed by atoms with Gasteiger partial charge in [0.25, 0.3) is 5.91 Å². The van der Waals surface area contributed by atoms with Gasteiger partial charge in [0, 0.05) is 37.3 Å². The lowest BCUT2D eigenvalue weighted by Gasteiger charge is -2.29. The molecule has 168 valence electrons. The molecule has 5 amide bonds. The molecule has 1 fully saturated rings. The van der Waals surface area contributed by atoms with Gasteiger partial charge in [-0.05, 0) is 48.9 Å². The molecule has 2 aliphatic rings. The number of hydrogen-bond donors (Lipinski definition) is 4. The first-order valence-corrected chi connectivity index (χ1v) is 10.7. The maximum atomic E-state index is 12.9. The standard InChI is InChI=1S/C22H26N6O4/c1-13-15(11-25-27-13)3-2-8-23-22(32)24-10-14-4-5-16-12-28(21(31)17(16)9-14)18-6-7-19(29)26-20(18)30/h4-5,9,11,18H,2-3,6-8,10,12H2,1H3,(H,25,27)(H2,23,24,32)(H,26,29,30). The van der Waals surface area contributed by atoms with Crippen molar-refractivity contribution < 1.29 is 19.2 Å². The van der Waals surface area contributed by atoms with Crippen LogP contribution in [0, 0.1) is 6.92 Å². The molecule has 3 heterocycles. The number of nitrogens with zero attached hydrogens (tertiary/aromatic N) is 2. The number of aryl methyl sites for hydroxylation is 2. The van der Waals surface area contributed by atoms with Gasteiger partial charge in [0.2, 0.25) is 11.8 Å². The number of rotatable bonds is 7. The number of aromatic nitrogens is 2. The van der Waals surface area contributed by atoms with Gasteiger partial charge in [-0.1, -0.05) is 12.1 Å². The Morgan fingerprint density at radius 3 is 2.84 bits per heavy atom. The number of H-pyrrole nitrogens is 1. The number of benzene rings is 1. The fourth-order valence-electron chi connectivity index (χ4n) is 4.07. The van der Waals surface area contributed by atoms with Gasteiger partial charge in [-0.3, -0.25) is 24.8 Å². The molecule has 2 aliphatic heterocycles. The van der Waals surface area contributed by atoms with Crippen molar-refractivity contribution in [3.05, 3.63) is 52.3 Å². The maximum absolute atomic E-state index is 12.9. The predicted molar refractivity (Wildman–Crippen MR) is 114 cm³/mol. The molecule has 0 aliphatic carbocycles. The lowest BCUT2D eigenvalue weighted by molar-refractivity contribution is -0.136. The number of carbonyl (C=O) groups excluding carboxylic acids is 4. The van der Waals surface area contributed by atoms with Crippen LogP contribution in [0.4, 0.5) is 4.79 Å². The normalized spacial score (nSPS) is 17.8. The average Bonchev–Trinajstić information content (AvgIpc) is 3.32. The summed E-state index contributed by atoms with van der Waals surface area (Å²) in [5.74, 6) is -0.960. The SMILES string of the molecule is Cc1[nH]ncc1CCCNC(=O)NCc1ccc2c(c1)C(=O)N(C1CCC(=O)NC1=O)C2. The van der Waals surface area contributed by atoms with E-state index in [1.165, 1.54) is 4.90 Å². The Labute approximate surface area is 185 Å². The van der Waals surface area contributed by atoms with Crippen molar-refractivity contribution in [2.45, 2.75) is 51.7 Å². The van der Waals surface area contributed by atoms with Crippen LogP contribution in [-0.4, -0.2) is 51.4 Å². The molecule has 10 heteroatoms. The molecule has 0 saturated carbocycles. The first-order chi connectivity index (χ1) is 15.4. The van der Waals surface area contributed by atoms with Crippen LogP contribution in [0.3, 0.4) is 0 Å². The molecule has 1 aromatic heterocycles. The number of piperidine rings is 1. The fraction of sp³-hybridized carbons (Fsp3) is 0.409. The first kappa shape index (κ1) is 21.5. The third-order valence-electron chi connectivity index (χ3n) is 5.89. The number of imide groups is 1. The van der Waals surface area contributed by atoms with E-state index in [2.05, 4.69) is 26.1 Å². The Morgan fingerprint density at radius 2 is 2.09 bits per heavy atom. The number of fused-ring (bicyclic) bond motifs is 1. The third kappa shape index (κ3) is 4.63. The van der Waals surface area contributed by atoms with Gasteiger partial charge < -0.3 is 15.5 Å². The van der Waals surface area contributed by atoms with E-state index in [9.17, 15) is 19.2 Å². The highest BCUT2D eigenvalue weighted by molar-refractivity contribution is 6.05. The Hall–Kier alpha value is -3.69. The van der Waals surface area contributed by atoms with E-state index in [4.69, 9.17) is 0 Å². The van der Waals surface area contributed by atoms with Crippen LogP contribution in [0.1, 0.15) is 52.0 Å². The van der Waals surface area contributed by atoms with E-state index in [-0.39, 0.29) is 30.8 Å². The molecule has 1 aromatic carbocycles. The number of hydrogen-bond acceptors (Lipinski definition) is 5. The summed E-state index contributed by atoms with van der Waals surface area (Å²) in [6.07, 6.45) is 3.99. The second-order valence-electron chi connectivity index (χ2n) is 8.12. The molecule has 10 nitrogen and oxygen atoms in total. The lowest BCUT2D eigenvalue weighted by atomic mass is 10.0. The highest BCUT2D eigenvalue weighted by Crippen LogP contribution is 2.28. The largest absolute Gasteiger partial charge is 0.338 e. The van der Waals surface area contributed by atoms with Crippen molar-refractivity contribution in [2.24, 2.45) is 0 Å². The molecule has 1 atom stereocenters. The number of amides is 5. The summed E-state index contributed by atoms with van der Waals surface area (Å²) in [6, 6.07) is 4.56. The Balaban J connectivity index is 1.26. The molecule has 0 radical (unpaired) electrons. The fourth-order valence-corrected chi connectivity index (χ4v) is 4.07. The molecule has 1 unspecified atom stereocenters. The minimum atomic E-state index is -0.634. The minimum Gasteiger partial charge on any atom is -0.338 e. The summed E-state index contributed by atoms with van der Waals surface area (Å²) in [5.41, 5.74) is 4.34. The summed E-state index contributed by atoms with van der Waals surface area (Å²) >= 11 is 0. The summed E-state index contributed by atoms with van der Waals surface area (Å²) in [4.78, 5) is 50.0. The zero-order chi connectivity index (χ0) is 22.7. The smallest absolute Gasteiger partial charge is 0.315 e. The van der Waals surface area contributed by atoms with Crippen molar-refractivity contribution in [1.82, 2.24) is 31.0 Å².